The number of rotatable bonds is 11. The SMILES string of the molecule is CC(=O)SCC(=O)c1ccc(NS(=O)(=O)c2ccc3nc(NCCCN(C)C)ccc3c2)nc1. The van der Waals surface area contributed by atoms with E-state index in [2.05, 4.69) is 24.9 Å². The van der Waals surface area contributed by atoms with Crippen molar-refractivity contribution in [3.05, 3.63) is 54.2 Å². The number of hydrogen-bond donors (Lipinski definition) is 2. The first kappa shape index (κ1) is 25.6. The molecule has 0 spiro atoms. The number of ketones is 1. The van der Waals surface area contributed by atoms with Crippen LogP contribution in [0.2, 0.25) is 0 Å². The number of anilines is 2. The number of pyridine rings is 2. The van der Waals surface area contributed by atoms with E-state index >= 15 is 0 Å². The number of thioether (sulfide) groups is 1. The maximum Gasteiger partial charge on any atom is 0.263 e. The van der Waals surface area contributed by atoms with E-state index in [0.29, 0.717) is 16.5 Å². The van der Waals surface area contributed by atoms with Crippen molar-refractivity contribution in [1.29, 1.82) is 0 Å². The Hall–Kier alpha value is -3.02. The molecule has 0 saturated carbocycles. The van der Waals surface area contributed by atoms with Gasteiger partial charge in [-0.1, -0.05) is 11.8 Å². The van der Waals surface area contributed by atoms with Crippen LogP contribution in [0.5, 0.6) is 0 Å². The summed E-state index contributed by atoms with van der Waals surface area (Å²) in [6.07, 6.45) is 2.27. The number of benzene rings is 1. The van der Waals surface area contributed by atoms with Crippen LogP contribution in [0, 0.1) is 0 Å². The molecule has 180 valence electrons. The van der Waals surface area contributed by atoms with Crippen LogP contribution in [0.15, 0.2) is 53.6 Å². The monoisotopic (exact) mass is 501 g/mol. The number of carbonyl (C=O) groups excluding carboxylic acids is 2. The minimum absolute atomic E-state index is 0.0144. The molecule has 0 saturated heterocycles. The zero-order valence-corrected chi connectivity index (χ0v) is 20.9. The number of carbonyl (C=O) groups is 2. The summed E-state index contributed by atoms with van der Waals surface area (Å²) in [6.45, 7) is 3.15. The molecular weight excluding hydrogens is 474 g/mol. The number of nitrogens with zero attached hydrogens (tertiary/aromatic N) is 3. The van der Waals surface area contributed by atoms with Crippen molar-refractivity contribution in [2.45, 2.75) is 18.2 Å². The number of sulfonamides is 1. The van der Waals surface area contributed by atoms with Gasteiger partial charge in [0.15, 0.2) is 10.9 Å². The number of aromatic nitrogens is 2. The highest BCUT2D eigenvalue weighted by Gasteiger charge is 2.16. The Kier molecular flexibility index (Phi) is 8.59. The molecule has 0 aliphatic rings. The fraction of sp³-hybridized carbons (Fsp3) is 0.304. The Morgan fingerprint density at radius 1 is 1.06 bits per heavy atom. The van der Waals surface area contributed by atoms with Crippen LogP contribution in [-0.2, 0) is 14.8 Å². The highest BCUT2D eigenvalue weighted by atomic mass is 32.2. The molecule has 11 heteroatoms. The van der Waals surface area contributed by atoms with E-state index in [4.69, 9.17) is 0 Å². The maximum absolute atomic E-state index is 12.8. The number of Topliss-reactive ketones (excluding diaryl/α,β-unsaturated/α-hetero) is 1. The summed E-state index contributed by atoms with van der Waals surface area (Å²) in [5, 5.41) is 3.82. The summed E-state index contributed by atoms with van der Waals surface area (Å²) in [6, 6.07) is 11.3. The number of fused-ring (bicyclic) bond motifs is 1. The van der Waals surface area contributed by atoms with Gasteiger partial charge in [0.25, 0.3) is 10.0 Å². The van der Waals surface area contributed by atoms with Gasteiger partial charge in [-0.3, -0.25) is 14.3 Å². The molecule has 3 rings (SSSR count). The quantitative estimate of drug-likeness (QED) is 0.301. The van der Waals surface area contributed by atoms with E-state index in [0.717, 1.165) is 37.1 Å². The lowest BCUT2D eigenvalue weighted by molar-refractivity contribution is -0.109. The minimum Gasteiger partial charge on any atom is -0.370 e. The predicted molar refractivity (Wildman–Crippen MR) is 136 cm³/mol. The fourth-order valence-corrected chi connectivity index (χ4v) is 4.59. The summed E-state index contributed by atoms with van der Waals surface area (Å²) in [5.74, 6) is 0.586. The third-order valence-corrected chi connectivity index (χ3v) is 6.96. The van der Waals surface area contributed by atoms with Crippen LogP contribution in [0.3, 0.4) is 0 Å². The second kappa shape index (κ2) is 11.4. The van der Waals surface area contributed by atoms with Gasteiger partial charge < -0.3 is 10.2 Å². The van der Waals surface area contributed by atoms with Gasteiger partial charge in [0.1, 0.15) is 11.6 Å². The Labute approximate surface area is 203 Å². The average molecular weight is 502 g/mol. The molecule has 0 aliphatic heterocycles. The van der Waals surface area contributed by atoms with Gasteiger partial charge in [-0.15, -0.1) is 0 Å². The Morgan fingerprint density at radius 3 is 2.50 bits per heavy atom. The lowest BCUT2D eigenvalue weighted by Crippen LogP contribution is -2.16. The standard InChI is InChI=1S/C23H27N5O4S2/c1-16(29)33-15-21(30)18-6-10-23(25-14-18)27-34(31,32)19-7-8-20-17(13-19)5-9-22(26-20)24-11-4-12-28(2)3/h5-10,13-14H,4,11-12,15H2,1-3H3,(H,24,26)(H,25,27). The Morgan fingerprint density at radius 2 is 1.82 bits per heavy atom. The normalized spacial score (nSPS) is 11.5. The van der Waals surface area contributed by atoms with Gasteiger partial charge in [0.2, 0.25) is 0 Å². The van der Waals surface area contributed by atoms with E-state index in [9.17, 15) is 18.0 Å². The molecule has 0 bridgehead atoms. The van der Waals surface area contributed by atoms with Gasteiger partial charge in [0.05, 0.1) is 16.2 Å². The summed E-state index contributed by atoms with van der Waals surface area (Å²) < 4.78 is 28.1. The van der Waals surface area contributed by atoms with E-state index in [1.54, 1.807) is 12.1 Å². The molecule has 0 fully saturated rings. The molecule has 0 atom stereocenters. The lowest BCUT2D eigenvalue weighted by Gasteiger charge is -2.11. The van der Waals surface area contributed by atoms with Crippen molar-refractivity contribution < 1.29 is 18.0 Å². The van der Waals surface area contributed by atoms with Crippen LogP contribution in [-0.4, -0.2) is 67.1 Å². The molecule has 2 N–H and O–H groups in total. The Bertz CT molecular complexity index is 1280. The lowest BCUT2D eigenvalue weighted by atomic mass is 10.2. The van der Waals surface area contributed by atoms with Crippen molar-refractivity contribution in [2.75, 3.05) is 43.0 Å². The van der Waals surface area contributed by atoms with Crippen LogP contribution in [0.1, 0.15) is 23.7 Å². The highest BCUT2D eigenvalue weighted by molar-refractivity contribution is 8.14. The van der Waals surface area contributed by atoms with E-state index in [-0.39, 0.29) is 27.4 Å². The molecule has 0 radical (unpaired) electrons. The molecule has 2 heterocycles. The zero-order valence-electron chi connectivity index (χ0n) is 19.2. The minimum atomic E-state index is -3.89. The topological polar surface area (TPSA) is 121 Å². The third kappa shape index (κ3) is 7.24. The number of nitrogens with one attached hydrogen (secondary N) is 2. The molecular formula is C23H27N5O4S2. The van der Waals surface area contributed by atoms with Crippen LogP contribution < -0.4 is 10.0 Å². The zero-order chi connectivity index (χ0) is 24.7. The van der Waals surface area contributed by atoms with Crippen LogP contribution in [0.25, 0.3) is 10.9 Å². The van der Waals surface area contributed by atoms with E-state index in [1.165, 1.54) is 31.3 Å². The van der Waals surface area contributed by atoms with Gasteiger partial charge in [0, 0.05) is 30.6 Å². The van der Waals surface area contributed by atoms with Crippen molar-refractivity contribution in [3.63, 3.8) is 0 Å². The molecule has 0 aliphatic carbocycles. The molecule has 0 unspecified atom stereocenters. The summed E-state index contributed by atoms with van der Waals surface area (Å²) in [5.41, 5.74) is 0.987. The second-order valence-electron chi connectivity index (χ2n) is 7.88. The smallest absolute Gasteiger partial charge is 0.263 e. The third-order valence-electron chi connectivity index (χ3n) is 4.79. The molecule has 34 heavy (non-hydrogen) atoms. The molecule has 1 aromatic carbocycles. The first-order valence-electron chi connectivity index (χ1n) is 10.6. The first-order valence-corrected chi connectivity index (χ1v) is 13.1. The van der Waals surface area contributed by atoms with Gasteiger partial charge >= 0.3 is 0 Å². The van der Waals surface area contributed by atoms with Gasteiger partial charge in [-0.2, -0.15) is 0 Å². The summed E-state index contributed by atoms with van der Waals surface area (Å²) >= 11 is 0.915. The molecule has 3 aromatic rings. The fourth-order valence-electron chi connectivity index (χ4n) is 3.05. The average Bonchev–Trinajstić information content (AvgIpc) is 2.80. The first-order chi connectivity index (χ1) is 16.1. The van der Waals surface area contributed by atoms with Crippen LogP contribution >= 0.6 is 11.8 Å². The van der Waals surface area contributed by atoms with Crippen molar-refractivity contribution in [1.82, 2.24) is 14.9 Å². The van der Waals surface area contributed by atoms with E-state index < -0.39 is 10.0 Å². The number of hydrogen-bond acceptors (Lipinski definition) is 9. The largest absolute Gasteiger partial charge is 0.370 e. The van der Waals surface area contributed by atoms with E-state index in [1.807, 2.05) is 26.2 Å². The van der Waals surface area contributed by atoms with Gasteiger partial charge in [-0.25, -0.2) is 18.4 Å². The molecule has 9 nitrogen and oxygen atoms in total. The highest BCUT2D eigenvalue weighted by Crippen LogP contribution is 2.22. The summed E-state index contributed by atoms with van der Waals surface area (Å²) in [4.78, 5) is 33.8. The van der Waals surface area contributed by atoms with Crippen molar-refractivity contribution in [3.8, 4) is 0 Å². The summed E-state index contributed by atoms with van der Waals surface area (Å²) in [7, 11) is 0.164. The van der Waals surface area contributed by atoms with Gasteiger partial charge in [-0.05, 0) is 69.5 Å². The van der Waals surface area contributed by atoms with Crippen molar-refractivity contribution in [2.24, 2.45) is 0 Å². The molecule has 0 amide bonds. The van der Waals surface area contributed by atoms with Crippen molar-refractivity contribution >= 4 is 55.2 Å². The Balaban J connectivity index is 1.67. The predicted octanol–water partition coefficient (Wildman–Crippen LogP) is 3.26. The maximum atomic E-state index is 12.8. The second-order valence-corrected chi connectivity index (χ2v) is 10.7. The molecule has 2 aromatic heterocycles. The van der Waals surface area contributed by atoms with Crippen LogP contribution in [0.4, 0.5) is 11.6 Å².